The van der Waals surface area contributed by atoms with Crippen molar-refractivity contribution in [3.05, 3.63) is 29.3 Å². The van der Waals surface area contributed by atoms with E-state index < -0.39 is 17.5 Å². The summed E-state index contributed by atoms with van der Waals surface area (Å²) in [6.45, 7) is 5.59. The normalized spacial score (nSPS) is 25.5. The third-order valence-electron chi connectivity index (χ3n) is 5.62. The molecule has 2 fully saturated rings. The molecule has 1 saturated carbocycles. The van der Waals surface area contributed by atoms with Crippen LogP contribution in [-0.2, 0) is 9.59 Å². The second-order valence-corrected chi connectivity index (χ2v) is 7.50. The molecule has 3 rings (SSSR count). The Kier molecular flexibility index (Phi) is 5.03. The highest BCUT2D eigenvalue weighted by molar-refractivity contribution is 6.08. The van der Waals surface area contributed by atoms with Gasteiger partial charge in [-0.05, 0) is 57.1 Å². The minimum absolute atomic E-state index is 0.297. The minimum atomic E-state index is -0.831. The molecule has 1 aliphatic heterocycles. The van der Waals surface area contributed by atoms with Crippen LogP contribution in [0.3, 0.4) is 0 Å². The fraction of sp³-hybridized carbons (Fsp3) is 0.550. The third-order valence-corrected chi connectivity index (χ3v) is 5.62. The number of urea groups is 1. The smallest absolute Gasteiger partial charge is 0.331 e. The van der Waals surface area contributed by atoms with Gasteiger partial charge in [0.05, 0.1) is 0 Å². The number of nitrogens with zero attached hydrogens (tertiary/aromatic N) is 1. The number of carbonyl (C=O) groups is 3. The number of hydrogen-bond acceptors (Lipinski definition) is 4. The molecule has 2 aliphatic rings. The molecule has 0 atom stereocenters. The Morgan fingerprint density at radius 2 is 1.96 bits per heavy atom. The number of benzene rings is 1. The average Bonchev–Trinajstić information content (AvgIpc) is 2.82. The number of hydrogen-bond donors (Lipinski definition) is 1. The van der Waals surface area contributed by atoms with Gasteiger partial charge in [0.25, 0.3) is 5.91 Å². The van der Waals surface area contributed by atoms with Gasteiger partial charge < -0.3 is 10.1 Å². The van der Waals surface area contributed by atoms with Crippen LogP contribution in [0.5, 0.6) is 5.75 Å². The van der Waals surface area contributed by atoms with Crippen LogP contribution < -0.4 is 10.1 Å². The highest BCUT2D eigenvalue weighted by Crippen LogP contribution is 2.37. The Bertz CT molecular complexity index is 735. The molecular weight excluding hydrogens is 332 g/mol. The lowest BCUT2D eigenvalue weighted by Crippen LogP contribution is -2.49. The van der Waals surface area contributed by atoms with Crippen LogP contribution in [0.2, 0.25) is 0 Å². The van der Waals surface area contributed by atoms with Crippen molar-refractivity contribution in [2.75, 3.05) is 6.54 Å². The van der Waals surface area contributed by atoms with Gasteiger partial charge in [0.15, 0.2) is 0 Å². The molecule has 3 amide bonds. The van der Waals surface area contributed by atoms with Crippen molar-refractivity contribution in [3.8, 4) is 5.75 Å². The van der Waals surface area contributed by atoms with E-state index >= 15 is 0 Å². The lowest BCUT2D eigenvalue weighted by Gasteiger charge is -2.34. The van der Waals surface area contributed by atoms with Crippen LogP contribution in [0.15, 0.2) is 18.2 Å². The molecule has 6 nitrogen and oxygen atoms in total. The van der Waals surface area contributed by atoms with E-state index in [-0.39, 0.29) is 12.5 Å². The number of amides is 3. The Morgan fingerprint density at radius 3 is 2.58 bits per heavy atom. The van der Waals surface area contributed by atoms with Gasteiger partial charge >= 0.3 is 12.0 Å². The fourth-order valence-corrected chi connectivity index (χ4v) is 3.94. The molecular formula is C20H26N2O4. The fourth-order valence-electron chi connectivity index (χ4n) is 3.94. The molecule has 0 aromatic heterocycles. The lowest BCUT2D eigenvalue weighted by molar-refractivity contribution is -0.141. The highest BCUT2D eigenvalue weighted by Gasteiger charge is 2.52. The molecule has 140 valence electrons. The van der Waals surface area contributed by atoms with Crippen molar-refractivity contribution < 1.29 is 19.1 Å². The van der Waals surface area contributed by atoms with Crippen LogP contribution in [0, 0.1) is 19.8 Å². The Hall–Kier alpha value is -2.37. The maximum atomic E-state index is 12.8. The van der Waals surface area contributed by atoms with Crippen molar-refractivity contribution in [2.24, 2.45) is 5.92 Å². The van der Waals surface area contributed by atoms with Crippen LogP contribution >= 0.6 is 0 Å². The number of carbonyl (C=O) groups excluding carboxylic acids is 3. The largest absolute Gasteiger partial charge is 0.425 e. The number of ether oxygens (including phenoxy) is 1. The first kappa shape index (κ1) is 18.4. The van der Waals surface area contributed by atoms with Crippen LogP contribution in [0.4, 0.5) is 4.79 Å². The molecule has 1 aliphatic carbocycles. The van der Waals surface area contributed by atoms with E-state index in [0.717, 1.165) is 35.3 Å². The summed E-state index contributed by atoms with van der Waals surface area (Å²) in [5.41, 5.74) is 1.08. The first-order chi connectivity index (χ1) is 12.3. The van der Waals surface area contributed by atoms with Gasteiger partial charge in [-0.2, -0.15) is 0 Å². The Morgan fingerprint density at radius 1 is 1.27 bits per heavy atom. The first-order valence-corrected chi connectivity index (χ1v) is 9.26. The van der Waals surface area contributed by atoms with E-state index in [1.54, 1.807) is 6.07 Å². The molecule has 6 heteroatoms. The summed E-state index contributed by atoms with van der Waals surface area (Å²) >= 11 is 0. The van der Waals surface area contributed by atoms with Crippen molar-refractivity contribution in [1.82, 2.24) is 10.2 Å². The maximum absolute atomic E-state index is 12.8. The van der Waals surface area contributed by atoms with Gasteiger partial charge in [0.1, 0.15) is 17.8 Å². The van der Waals surface area contributed by atoms with E-state index in [1.165, 1.54) is 0 Å². The van der Waals surface area contributed by atoms with Gasteiger partial charge in [-0.15, -0.1) is 0 Å². The second kappa shape index (κ2) is 7.09. The molecule has 1 N–H and O–H groups in total. The summed E-state index contributed by atoms with van der Waals surface area (Å²) in [5.74, 6) is 0.147. The van der Waals surface area contributed by atoms with Crippen LogP contribution in [-0.4, -0.2) is 34.9 Å². The Balaban J connectivity index is 1.65. The number of rotatable bonds is 4. The molecule has 0 bridgehead atoms. The van der Waals surface area contributed by atoms with E-state index in [1.807, 2.05) is 26.0 Å². The minimum Gasteiger partial charge on any atom is -0.425 e. The van der Waals surface area contributed by atoms with E-state index in [0.29, 0.717) is 24.5 Å². The monoisotopic (exact) mass is 358 g/mol. The van der Waals surface area contributed by atoms with Crippen molar-refractivity contribution in [3.63, 3.8) is 0 Å². The van der Waals surface area contributed by atoms with Gasteiger partial charge in [0.2, 0.25) is 0 Å². The topological polar surface area (TPSA) is 75.7 Å². The zero-order chi connectivity index (χ0) is 18.9. The summed E-state index contributed by atoms with van der Waals surface area (Å²) in [5, 5.41) is 2.83. The Labute approximate surface area is 153 Å². The SMILES string of the molecule is CCC1CCC2(CC1)NC(=O)N(CC(=O)Oc1ccc(C)cc1C)C2=O. The van der Waals surface area contributed by atoms with Gasteiger partial charge in [-0.25, -0.2) is 9.59 Å². The quantitative estimate of drug-likeness (QED) is 0.510. The molecule has 0 radical (unpaired) electrons. The maximum Gasteiger partial charge on any atom is 0.331 e. The molecule has 1 aromatic rings. The van der Waals surface area contributed by atoms with Crippen molar-refractivity contribution >= 4 is 17.9 Å². The van der Waals surface area contributed by atoms with E-state index in [2.05, 4.69) is 12.2 Å². The molecule has 1 heterocycles. The zero-order valence-corrected chi connectivity index (χ0v) is 15.6. The summed E-state index contributed by atoms with van der Waals surface area (Å²) in [7, 11) is 0. The number of aryl methyl sites for hydroxylation is 2. The van der Waals surface area contributed by atoms with Gasteiger partial charge in [0, 0.05) is 0 Å². The molecule has 0 unspecified atom stereocenters. The number of esters is 1. The van der Waals surface area contributed by atoms with Crippen molar-refractivity contribution in [2.45, 2.75) is 58.4 Å². The number of nitrogens with one attached hydrogen (secondary N) is 1. The summed E-state index contributed by atoms with van der Waals surface area (Å²) in [4.78, 5) is 38.4. The number of imide groups is 1. The summed E-state index contributed by atoms with van der Waals surface area (Å²) < 4.78 is 5.36. The molecule has 26 heavy (non-hydrogen) atoms. The predicted molar refractivity (Wildman–Crippen MR) is 96.8 cm³/mol. The first-order valence-electron chi connectivity index (χ1n) is 9.26. The van der Waals surface area contributed by atoms with Crippen LogP contribution in [0.1, 0.15) is 50.2 Å². The van der Waals surface area contributed by atoms with Gasteiger partial charge in [-0.1, -0.05) is 31.0 Å². The third kappa shape index (κ3) is 3.45. The van der Waals surface area contributed by atoms with Gasteiger partial charge in [-0.3, -0.25) is 9.69 Å². The standard InChI is InChI=1S/C20H26N2O4/c1-4-15-7-9-20(10-8-15)18(24)22(19(25)21-20)12-17(23)26-16-6-5-13(2)11-14(16)3/h5-6,11,15H,4,7-10,12H2,1-3H3,(H,21,25). The van der Waals surface area contributed by atoms with Crippen molar-refractivity contribution in [1.29, 1.82) is 0 Å². The molecule has 1 aromatic carbocycles. The van der Waals surface area contributed by atoms with E-state index in [9.17, 15) is 14.4 Å². The predicted octanol–water partition coefficient (Wildman–Crippen LogP) is 3.10. The zero-order valence-electron chi connectivity index (χ0n) is 15.6. The lowest BCUT2D eigenvalue weighted by atomic mass is 9.75. The second-order valence-electron chi connectivity index (χ2n) is 7.50. The molecule has 1 spiro atoms. The van der Waals surface area contributed by atoms with Crippen LogP contribution in [0.25, 0.3) is 0 Å². The summed E-state index contributed by atoms with van der Waals surface area (Å²) in [6, 6.07) is 4.99. The average molecular weight is 358 g/mol. The summed E-state index contributed by atoms with van der Waals surface area (Å²) in [6.07, 6.45) is 4.20. The molecule has 1 saturated heterocycles. The highest BCUT2D eigenvalue weighted by atomic mass is 16.5. The van der Waals surface area contributed by atoms with E-state index in [4.69, 9.17) is 4.74 Å².